The normalized spacial score (nSPS) is 13.9. The Morgan fingerprint density at radius 2 is 1.53 bits per heavy atom. The van der Waals surface area contributed by atoms with Crippen LogP contribution in [0, 0.1) is 5.41 Å². The first-order valence-electron chi connectivity index (χ1n) is 13.4. The predicted molar refractivity (Wildman–Crippen MR) is 147 cm³/mol. The molecule has 3 N–H and O–H groups in total. The highest BCUT2D eigenvalue weighted by Crippen LogP contribution is 2.37. The summed E-state index contributed by atoms with van der Waals surface area (Å²) in [4.78, 5) is 10.7. The van der Waals surface area contributed by atoms with Crippen LogP contribution < -0.4 is 10.1 Å². The quantitative estimate of drug-likeness (QED) is 0.175. The number of unbranched alkanes of at least 4 members (excludes halogenated alkanes) is 3. The van der Waals surface area contributed by atoms with Crippen molar-refractivity contribution in [1.82, 2.24) is 5.32 Å². The van der Waals surface area contributed by atoms with Crippen LogP contribution in [0.3, 0.4) is 0 Å². The standard InChI is InChI=1S/C31H47NO4/c1-7-8-9-10-11-27(23-12-14-24(15-13-23)29(35)32-21-20-28(33)34)36-26-18-16-25(17-19-26)31(5,6)22-30(2,3)4/h12-19,27,29,32,35H,7-11,20-22H2,1-6H3,(H,33,34). The molecule has 5 nitrogen and oxygen atoms in total. The number of aliphatic hydroxyl groups is 1. The Morgan fingerprint density at radius 3 is 2.08 bits per heavy atom. The lowest BCUT2D eigenvalue weighted by molar-refractivity contribution is -0.137. The van der Waals surface area contributed by atoms with Gasteiger partial charge >= 0.3 is 5.97 Å². The summed E-state index contributed by atoms with van der Waals surface area (Å²) in [5.41, 5.74) is 3.45. The Bertz CT molecular complexity index is 913. The first-order chi connectivity index (χ1) is 16.9. The summed E-state index contributed by atoms with van der Waals surface area (Å²) >= 11 is 0. The van der Waals surface area contributed by atoms with E-state index >= 15 is 0 Å². The molecule has 2 aromatic rings. The summed E-state index contributed by atoms with van der Waals surface area (Å²) in [6.45, 7) is 13.9. The number of carbonyl (C=O) groups is 1. The molecule has 0 aromatic heterocycles. The van der Waals surface area contributed by atoms with E-state index in [1.54, 1.807) is 0 Å². The molecule has 0 saturated heterocycles. The molecule has 200 valence electrons. The first kappa shape index (κ1) is 29.9. The van der Waals surface area contributed by atoms with E-state index in [-0.39, 0.29) is 29.9 Å². The summed E-state index contributed by atoms with van der Waals surface area (Å²) < 4.78 is 6.50. The van der Waals surface area contributed by atoms with Crippen LogP contribution in [-0.4, -0.2) is 22.7 Å². The number of hydrogen-bond acceptors (Lipinski definition) is 4. The van der Waals surface area contributed by atoms with E-state index in [0.29, 0.717) is 5.56 Å². The fourth-order valence-corrected chi connectivity index (χ4v) is 4.95. The Kier molecular flexibility index (Phi) is 11.4. The summed E-state index contributed by atoms with van der Waals surface area (Å²) in [5.74, 6) is -0.0239. The fraction of sp³-hybridized carbons (Fsp3) is 0.581. The number of nitrogens with one attached hydrogen (secondary N) is 1. The molecule has 0 saturated carbocycles. The molecule has 2 atom stereocenters. The van der Waals surface area contributed by atoms with Crippen LogP contribution in [-0.2, 0) is 10.2 Å². The van der Waals surface area contributed by atoms with Crippen molar-refractivity contribution in [2.24, 2.45) is 5.41 Å². The lowest BCUT2D eigenvalue weighted by atomic mass is 9.72. The number of ether oxygens (including phenoxy) is 1. The lowest BCUT2D eigenvalue weighted by Crippen LogP contribution is -2.24. The van der Waals surface area contributed by atoms with Crippen LogP contribution in [0.15, 0.2) is 48.5 Å². The molecule has 2 unspecified atom stereocenters. The van der Waals surface area contributed by atoms with Crippen molar-refractivity contribution in [2.75, 3.05) is 6.54 Å². The zero-order valence-electron chi connectivity index (χ0n) is 23.1. The zero-order chi connectivity index (χ0) is 26.8. The van der Waals surface area contributed by atoms with Gasteiger partial charge in [-0.15, -0.1) is 0 Å². The van der Waals surface area contributed by atoms with Crippen molar-refractivity contribution in [3.05, 3.63) is 65.2 Å². The summed E-state index contributed by atoms with van der Waals surface area (Å²) in [6, 6.07) is 16.3. The number of benzene rings is 2. The highest BCUT2D eigenvalue weighted by molar-refractivity contribution is 5.66. The molecule has 36 heavy (non-hydrogen) atoms. The van der Waals surface area contributed by atoms with Gasteiger partial charge in [-0.1, -0.05) is 97.2 Å². The van der Waals surface area contributed by atoms with Crippen molar-refractivity contribution in [3.8, 4) is 5.75 Å². The monoisotopic (exact) mass is 497 g/mol. The Balaban J connectivity index is 2.12. The van der Waals surface area contributed by atoms with Gasteiger partial charge in [0, 0.05) is 6.54 Å². The molecule has 0 aliphatic carbocycles. The lowest BCUT2D eigenvalue weighted by Gasteiger charge is -2.33. The van der Waals surface area contributed by atoms with Gasteiger partial charge in [-0.2, -0.15) is 0 Å². The van der Waals surface area contributed by atoms with Gasteiger partial charge in [0.05, 0.1) is 6.42 Å². The topological polar surface area (TPSA) is 78.8 Å². The molecule has 2 rings (SSSR count). The van der Waals surface area contributed by atoms with Crippen molar-refractivity contribution < 1.29 is 19.7 Å². The largest absolute Gasteiger partial charge is 0.486 e. The van der Waals surface area contributed by atoms with Crippen LogP contribution in [0.25, 0.3) is 0 Å². The molecular weight excluding hydrogens is 450 g/mol. The molecule has 0 heterocycles. The first-order valence-corrected chi connectivity index (χ1v) is 13.4. The van der Waals surface area contributed by atoms with Crippen molar-refractivity contribution in [1.29, 1.82) is 0 Å². The summed E-state index contributed by atoms with van der Waals surface area (Å²) in [6.07, 6.45) is 5.72. The molecule has 0 radical (unpaired) electrons. The van der Waals surface area contributed by atoms with Gasteiger partial charge in [-0.05, 0) is 58.9 Å². The maximum absolute atomic E-state index is 10.7. The molecular formula is C31H47NO4. The Hall–Kier alpha value is -2.37. The number of rotatable bonds is 15. The maximum Gasteiger partial charge on any atom is 0.304 e. The van der Waals surface area contributed by atoms with Crippen molar-refractivity contribution in [3.63, 3.8) is 0 Å². The third-order valence-electron chi connectivity index (χ3n) is 6.51. The van der Waals surface area contributed by atoms with Crippen molar-refractivity contribution >= 4 is 5.97 Å². The molecule has 0 fully saturated rings. The van der Waals surface area contributed by atoms with Crippen molar-refractivity contribution in [2.45, 2.75) is 104 Å². The highest BCUT2D eigenvalue weighted by atomic mass is 16.5. The van der Waals surface area contributed by atoms with Crippen LogP contribution in [0.5, 0.6) is 5.75 Å². The summed E-state index contributed by atoms with van der Waals surface area (Å²) in [7, 11) is 0. The van der Waals surface area contributed by atoms with E-state index < -0.39 is 12.2 Å². The van der Waals surface area contributed by atoms with Gasteiger partial charge in [0.2, 0.25) is 0 Å². The highest BCUT2D eigenvalue weighted by Gasteiger charge is 2.27. The van der Waals surface area contributed by atoms with Gasteiger partial charge in [0.1, 0.15) is 18.1 Å². The van der Waals surface area contributed by atoms with E-state index in [0.717, 1.165) is 30.6 Å². The van der Waals surface area contributed by atoms with Crippen LogP contribution >= 0.6 is 0 Å². The second kappa shape index (κ2) is 13.8. The van der Waals surface area contributed by atoms with E-state index in [1.165, 1.54) is 24.8 Å². The second-order valence-electron chi connectivity index (χ2n) is 11.8. The molecule has 2 aromatic carbocycles. The van der Waals surface area contributed by atoms with Gasteiger partial charge in [-0.25, -0.2) is 0 Å². The summed E-state index contributed by atoms with van der Waals surface area (Å²) in [5, 5.41) is 22.0. The van der Waals surface area contributed by atoms with E-state index in [4.69, 9.17) is 9.84 Å². The van der Waals surface area contributed by atoms with Gasteiger partial charge in [-0.3, -0.25) is 10.1 Å². The van der Waals surface area contributed by atoms with Crippen LogP contribution in [0.1, 0.15) is 116 Å². The molecule has 5 heteroatoms. The number of aliphatic hydroxyl groups excluding tert-OH is 1. The SMILES string of the molecule is CCCCCCC(Oc1ccc(C(C)(C)CC(C)(C)C)cc1)c1ccc(C(O)NCCC(=O)O)cc1. The second-order valence-corrected chi connectivity index (χ2v) is 11.8. The van der Waals surface area contributed by atoms with Gasteiger partial charge in [0.25, 0.3) is 0 Å². The van der Waals surface area contributed by atoms with Crippen LogP contribution in [0.2, 0.25) is 0 Å². The van der Waals surface area contributed by atoms with Gasteiger partial charge in [0.15, 0.2) is 0 Å². The third-order valence-corrected chi connectivity index (χ3v) is 6.51. The van der Waals surface area contributed by atoms with Gasteiger partial charge < -0.3 is 14.9 Å². The minimum atomic E-state index is -0.897. The smallest absolute Gasteiger partial charge is 0.304 e. The predicted octanol–water partition coefficient (Wildman–Crippen LogP) is 7.55. The third kappa shape index (κ3) is 10.3. The van der Waals surface area contributed by atoms with Crippen LogP contribution in [0.4, 0.5) is 0 Å². The maximum atomic E-state index is 10.7. The molecule has 0 bridgehead atoms. The minimum Gasteiger partial charge on any atom is -0.486 e. The fourth-order valence-electron chi connectivity index (χ4n) is 4.95. The average Bonchev–Trinajstić information content (AvgIpc) is 2.79. The number of aliphatic carboxylic acids is 1. The van der Waals surface area contributed by atoms with E-state index in [2.05, 4.69) is 71.1 Å². The zero-order valence-corrected chi connectivity index (χ0v) is 23.1. The number of carboxylic acids is 1. The molecule has 0 aliphatic heterocycles. The molecule has 0 aliphatic rings. The number of carboxylic acid groups (broad SMARTS) is 1. The molecule has 0 spiro atoms. The Morgan fingerprint density at radius 1 is 0.917 bits per heavy atom. The average molecular weight is 498 g/mol. The molecule has 0 amide bonds. The minimum absolute atomic E-state index is 0.0327. The number of hydrogen-bond donors (Lipinski definition) is 3. The van der Waals surface area contributed by atoms with E-state index in [9.17, 15) is 9.90 Å². The Labute approximate surface area is 218 Å². The van der Waals surface area contributed by atoms with E-state index in [1.807, 2.05) is 24.3 Å².